The molecule has 8 rings (SSSR count). The molecule has 6 aromatic rings. The maximum atomic E-state index is 2.46. The third-order valence-corrected chi connectivity index (χ3v) is 10.1. The van der Waals surface area contributed by atoms with Crippen LogP contribution in [0.2, 0.25) is 0 Å². The molecule has 0 bridgehead atoms. The van der Waals surface area contributed by atoms with Crippen molar-refractivity contribution >= 4 is 22.7 Å². The van der Waals surface area contributed by atoms with Crippen molar-refractivity contribution in [2.75, 3.05) is 23.9 Å². The zero-order chi connectivity index (χ0) is 30.1. The Balaban J connectivity index is 1.39. The van der Waals surface area contributed by atoms with Crippen molar-refractivity contribution in [1.29, 1.82) is 0 Å². The lowest BCUT2D eigenvalue weighted by atomic mass is 9.62. The molecule has 0 spiro atoms. The van der Waals surface area contributed by atoms with E-state index < -0.39 is 5.41 Å². The van der Waals surface area contributed by atoms with Gasteiger partial charge < -0.3 is 9.80 Å². The summed E-state index contributed by atoms with van der Waals surface area (Å²) >= 11 is 0. The molecule has 44 heavy (non-hydrogen) atoms. The van der Waals surface area contributed by atoms with Crippen molar-refractivity contribution in [2.45, 2.75) is 24.7 Å². The predicted molar refractivity (Wildman–Crippen MR) is 185 cm³/mol. The second-order valence-corrected chi connectivity index (χ2v) is 12.7. The molecule has 0 aliphatic carbocycles. The Morgan fingerprint density at radius 1 is 0.386 bits per heavy atom. The van der Waals surface area contributed by atoms with E-state index in [0.717, 1.165) is 0 Å². The van der Waals surface area contributed by atoms with Crippen LogP contribution in [-0.2, 0) is 10.8 Å². The second kappa shape index (κ2) is 9.72. The zero-order valence-electron chi connectivity index (χ0n) is 25.8. The monoisotopic (exact) mass is 568 g/mol. The molecule has 2 heterocycles. The first-order valence-electron chi connectivity index (χ1n) is 15.5. The highest BCUT2D eigenvalue weighted by atomic mass is 15.1. The van der Waals surface area contributed by atoms with Crippen LogP contribution in [0.3, 0.4) is 0 Å². The van der Waals surface area contributed by atoms with Crippen LogP contribution in [0, 0.1) is 0 Å². The van der Waals surface area contributed by atoms with Crippen molar-refractivity contribution in [1.82, 2.24) is 0 Å². The molecule has 2 nitrogen and oxygen atoms in total. The molecule has 0 unspecified atom stereocenters. The van der Waals surface area contributed by atoms with Gasteiger partial charge in [-0.25, -0.2) is 0 Å². The van der Waals surface area contributed by atoms with Crippen molar-refractivity contribution in [3.05, 3.63) is 179 Å². The van der Waals surface area contributed by atoms with Gasteiger partial charge in [0.15, 0.2) is 0 Å². The fraction of sp³-hybridized carbons (Fsp3) is 0.143. The molecule has 2 aliphatic rings. The minimum atomic E-state index is -0.469. The highest BCUT2D eigenvalue weighted by Crippen LogP contribution is 2.56. The first kappa shape index (κ1) is 26.5. The van der Waals surface area contributed by atoms with Gasteiger partial charge in [0.2, 0.25) is 0 Å². The van der Waals surface area contributed by atoms with Crippen molar-refractivity contribution in [2.24, 2.45) is 0 Å². The fourth-order valence-electron chi connectivity index (χ4n) is 7.91. The Kier molecular flexibility index (Phi) is 5.86. The maximum Gasteiger partial charge on any atom is 0.0742 e. The lowest BCUT2D eigenvalue weighted by molar-refractivity contribution is 0.630. The molecule has 0 aromatic heterocycles. The second-order valence-electron chi connectivity index (χ2n) is 12.7. The molecule has 2 heteroatoms. The highest BCUT2D eigenvalue weighted by molar-refractivity contribution is 5.86. The van der Waals surface area contributed by atoms with Gasteiger partial charge in [-0.1, -0.05) is 123 Å². The average molecular weight is 569 g/mol. The molecule has 0 N–H and O–H groups in total. The van der Waals surface area contributed by atoms with Crippen LogP contribution < -0.4 is 9.80 Å². The summed E-state index contributed by atoms with van der Waals surface area (Å²) in [4.78, 5) is 4.70. The number of hydrogen-bond donors (Lipinski definition) is 0. The number of anilines is 4. The quantitative estimate of drug-likeness (QED) is 0.210. The number of para-hydroxylation sites is 2. The largest absolute Gasteiger partial charge is 0.344 e. The normalized spacial score (nSPS) is 15.5. The van der Waals surface area contributed by atoms with Gasteiger partial charge in [0.1, 0.15) is 0 Å². The van der Waals surface area contributed by atoms with E-state index in [0.29, 0.717) is 0 Å². The van der Waals surface area contributed by atoms with Gasteiger partial charge in [-0.3, -0.25) is 0 Å². The average Bonchev–Trinajstić information content (AvgIpc) is 3.08. The van der Waals surface area contributed by atoms with Crippen LogP contribution >= 0.6 is 0 Å². The number of hydrogen-bond acceptors (Lipinski definition) is 2. The predicted octanol–water partition coefficient (Wildman–Crippen LogP) is 10.2. The van der Waals surface area contributed by atoms with E-state index in [1.54, 1.807) is 0 Å². The summed E-state index contributed by atoms with van der Waals surface area (Å²) in [5.74, 6) is 0. The molecule has 2 aliphatic heterocycles. The van der Waals surface area contributed by atoms with E-state index in [4.69, 9.17) is 0 Å². The smallest absolute Gasteiger partial charge is 0.0742 e. The van der Waals surface area contributed by atoms with E-state index in [2.05, 4.69) is 183 Å². The van der Waals surface area contributed by atoms with Crippen LogP contribution in [-0.4, -0.2) is 14.1 Å². The third-order valence-electron chi connectivity index (χ3n) is 10.1. The number of benzene rings is 6. The van der Waals surface area contributed by atoms with Crippen LogP contribution in [0.4, 0.5) is 22.7 Å². The van der Waals surface area contributed by atoms with E-state index >= 15 is 0 Å². The summed E-state index contributed by atoms with van der Waals surface area (Å²) in [6.07, 6.45) is 0. The van der Waals surface area contributed by atoms with Crippen molar-refractivity contribution in [3.63, 3.8) is 0 Å². The van der Waals surface area contributed by atoms with Gasteiger partial charge >= 0.3 is 0 Å². The Morgan fingerprint density at radius 3 is 1.36 bits per heavy atom. The molecule has 214 valence electrons. The maximum absolute atomic E-state index is 2.46. The number of rotatable bonds is 3. The molecular weight excluding hydrogens is 532 g/mol. The summed E-state index contributed by atoms with van der Waals surface area (Å²) in [5.41, 5.74) is 14.8. The summed E-state index contributed by atoms with van der Waals surface area (Å²) in [5, 5.41) is 0. The molecule has 0 amide bonds. The number of nitrogens with zero attached hydrogens (tertiary/aromatic N) is 2. The standard InChI is InChI=1S/C42H36N2/c1-41(2)33-19-11-13-21-37(33)43(3)39-25-23-29(27-35(39)41)30-24-26-40-36(28-30)42(31-15-7-5-8-16-31,32-17-9-6-10-18-32)34-20-12-14-22-38(34)44(40)4/h5-28H,1-4H3. The van der Waals surface area contributed by atoms with Crippen LogP contribution in [0.5, 0.6) is 0 Å². The van der Waals surface area contributed by atoms with Crippen LogP contribution in [0.25, 0.3) is 11.1 Å². The van der Waals surface area contributed by atoms with E-state index in [-0.39, 0.29) is 5.41 Å². The van der Waals surface area contributed by atoms with Gasteiger partial charge in [-0.05, 0) is 80.9 Å². The van der Waals surface area contributed by atoms with Gasteiger partial charge in [0.05, 0.1) is 5.41 Å². The summed E-state index contributed by atoms with van der Waals surface area (Å²) in [6, 6.07) is 53.9. The van der Waals surface area contributed by atoms with Crippen LogP contribution in [0.15, 0.2) is 146 Å². The molecular formula is C42H36N2. The Bertz CT molecular complexity index is 1980. The van der Waals surface area contributed by atoms with Gasteiger partial charge in [-0.2, -0.15) is 0 Å². The lowest BCUT2D eigenvalue weighted by Gasteiger charge is -2.45. The molecule has 0 atom stereocenters. The van der Waals surface area contributed by atoms with Crippen LogP contribution in [0.1, 0.15) is 47.2 Å². The topological polar surface area (TPSA) is 6.48 Å². The summed E-state index contributed by atoms with van der Waals surface area (Å²) in [6.45, 7) is 4.71. The molecule has 0 saturated carbocycles. The molecule has 0 fully saturated rings. The molecule has 0 radical (unpaired) electrons. The fourth-order valence-corrected chi connectivity index (χ4v) is 7.91. The molecule has 6 aromatic carbocycles. The van der Waals surface area contributed by atoms with Gasteiger partial charge in [0, 0.05) is 42.3 Å². The van der Waals surface area contributed by atoms with E-state index in [1.165, 1.54) is 67.3 Å². The first-order chi connectivity index (χ1) is 21.4. The SMILES string of the molecule is CN1c2ccccc2C(C)(C)c2cc(-c3ccc4c(c3)C(c3ccccc3)(c3ccccc3)c3ccccc3N4C)ccc21. The minimum Gasteiger partial charge on any atom is -0.344 e. The zero-order valence-corrected chi connectivity index (χ0v) is 25.8. The van der Waals surface area contributed by atoms with Crippen molar-refractivity contribution < 1.29 is 0 Å². The molecule has 0 saturated heterocycles. The summed E-state index contributed by atoms with van der Waals surface area (Å²) < 4.78 is 0. The van der Waals surface area contributed by atoms with Gasteiger partial charge in [0.25, 0.3) is 0 Å². The Hall–Kier alpha value is -5.08. The van der Waals surface area contributed by atoms with Crippen molar-refractivity contribution in [3.8, 4) is 11.1 Å². The minimum absolute atomic E-state index is 0.111. The van der Waals surface area contributed by atoms with E-state index in [1.807, 2.05) is 0 Å². The highest BCUT2D eigenvalue weighted by Gasteiger charge is 2.45. The number of fused-ring (bicyclic) bond motifs is 4. The van der Waals surface area contributed by atoms with Gasteiger partial charge in [-0.15, -0.1) is 0 Å². The Morgan fingerprint density at radius 2 is 0.795 bits per heavy atom. The Labute approximate surface area is 260 Å². The lowest BCUT2D eigenvalue weighted by Crippen LogP contribution is -2.37. The third kappa shape index (κ3) is 3.61. The van der Waals surface area contributed by atoms with E-state index in [9.17, 15) is 0 Å². The first-order valence-corrected chi connectivity index (χ1v) is 15.5. The summed E-state index contributed by atoms with van der Waals surface area (Å²) in [7, 11) is 4.39.